The molecule has 0 spiro atoms. The van der Waals surface area contributed by atoms with Crippen LogP contribution in [0, 0.1) is 11.3 Å². The average molecular weight is 266 g/mol. The van der Waals surface area contributed by atoms with Crippen LogP contribution in [0.1, 0.15) is 66.7 Å². The van der Waals surface area contributed by atoms with Crippen molar-refractivity contribution in [3.8, 4) is 0 Å². The number of carbonyl (C=O) groups excluding carboxylic acids is 1. The van der Waals surface area contributed by atoms with Crippen LogP contribution < -0.4 is 5.32 Å². The number of hydrogen-bond donors (Lipinski definition) is 1. The molecule has 3 unspecified atom stereocenters. The number of hydrogen-bond acceptors (Lipinski definition) is 2. The Hall–Kier alpha value is -0.570. The van der Waals surface area contributed by atoms with Gasteiger partial charge in [-0.1, -0.05) is 41.0 Å². The van der Waals surface area contributed by atoms with Crippen LogP contribution in [0.4, 0.5) is 0 Å². The first kappa shape index (κ1) is 14.8. The highest BCUT2D eigenvalue weighted by Gasteiger charge is 2.48. The zero-order valence-electron chi connectivity index (χ0n) is 13.2. The number of nitrogens with zero attached hydrogens (tertiary/aromatic N) is 1. The Morgan fingerprint density at radius 2 is 2.11 bits per heavy atom. The van der Waals surface area contributed by atoms with E-state index < -0.39 is 0 Å². The summed E-state index contributed by atoms with van der Waals surface area (Å²) >= 11 is 0. The van der Waals surface area contributed by atoms with Gasteiger partial charge in [0.2, 0.25) is 5.91 Å². The van der Waals surface area contributed by atoms with Crippen LogP contribution >= 0.6 is 0 Å². The van der Waals surface area contributed by atoms with Gasteiger partial charge in [-0.15, -0.1) is 0 Å². The molecule has 0 radical (unpaired) electrons. The zero-order valence-corrected chi connectivity index (χ0v) is 13.2. The summed E-state index contributed by atoms with van der Waals surface area (Å²) in [4.78, 5) is 14.9. The Kier molecular flexibility index (Phi) is 4.24. The topological polar surface area (TPSA) is 32.3 Å². The lowest BCUT2D eigenvalue weighted by atomic mass is 9.86. The molecule has 0 aromatic heterocycles. The summed E-state index contributed by atoms with van der Waals surface area (Å²) in [6, 6.07) is 0.468. The van der Waals surface area contributed by atoms with Crippen molar-refractivity contribution in [1.29, 1.82) is 0 Å². The monoisotopic (exact) mass is 266 g/mol. The second-order valence-electron chi connectivity index (χ2n) is 7.41. The summed E-state index contributed by atoms with van der Waals surface area (Å²) in [5, 5.41) is 3.56. The standard InChI is InChI=1S/C16H30N2O/c1-6-14-17-12(10-11(2)3)15(19)18(14)13-8-7-9-16(13,4)5/h11-14,17H,6-10H2,1-5H3. The second-order valence-corrected chi connectivity index (χ2v) is 7.41. The van der Waals surface area contributed by atoms with Crippen molar-refractivity contribution >= 4 is 5.91 Å². The molecule has 0 aromatic rings. The van der Waals surface area contributed by atoms with E-state index in [0.717, 1.165) is 12.8 Å². The Morgan fingerprint density at radius 3 is 2.58 bits per heavy atom. The van der Waals surface area contributed by atoms with Gasteiger partial charge in [0.25, 0.3) is 0 Å². The van der Waals surface area contributed by atoms with E-state index in [1.807, 2.05) is 0 Å². The van der Waals surface area contributed by atoms with E-state index in [4.69, 9.17) is 0 Å². The smallest absolute Gasteiger partial charge is 0.241 e. The van der Waals surface area contributed by atoms with Crippen molar-refractivity contribution in [3.63, 3.8) is 0 Å². The molecule has 110 valence electrons. The molecule has 1 aliphatic carbocycles. The van der Waals surface area contributed by atoms with Crippen LogP contribution in [0.25, 0.3) is 0 Å². The molecule has 0 bridgehead atoms. The van der Waals surface area contributed by atoms with Crippen molar-refractivity contribution in [1.82, 2.24) is 10.2 Å². The van der Waals surface area contributed by atoms with Gasteiger partial charge in [-0.3, -0.25) is 10.1 Å². The van der Waals surface area contributed by atoms with Crippen LogP contribution in [0.2, 0.25) is 0 Å². The molecule has 1 saturated heterocycles. The van der Waals surface area contributed by atoms with Gasteiger partial charge in [-0.05, 0) is 37.0 Å². The summed E-state index contributed by atoms with van der Waals surface area (Å²) in [5.74, 6) is 0.913. The molecular weight excluding hydrogens is 236 g/mol. The van der Waals surface area contributed by atoms with Crippen molar-refractivity contribution in [2.45, 2.75) is 85.0 Å². The first-order valence-electron chi connectivity index (χ1n) is 7.95. The highest BCUT2D eigenvalue weighted by Crippen LogP contribution is 2.42. The summed E-state index contributed by atoms with van der Waals surface area (Å²) in [5.41, 5.74) is 0.275. The maximum atomic E-state index is 12.7. The van der Waals surface area contributed by atoms with Gasteiger partial charge in [0.15, 0.2) is 0 Å². The molecule has 0 aromatic carbocycles. The predicted molar refractivity (Wildman–Crippen MR) is 78.7 cm³/mol. The molecule has 2 aliphatic rings. The summed E-state index contributed by atoms with van der Waals surface area (Å²) in [7, 11) is 0. The van der Waals surface area contributed by atoms with Crippen LogP contribution in [0.3, 0.4) is 0 Å². The van der Waals surface area contributed by atoms with Crippen LogP contribution in [-0.2, 0) is 4.79 Å². The molecule has 1 amide bonds. The van der Waals surface area contributed by atoms with E-state index in [1.54, 1.807) is 0 Å². The van der Waals surface area contributed by atoms with E-state index in [2.05, 4.69) is 44.8 Å². The van der Waals surface area contributed by atoms with Crippen LogP contribution in [0.15, 0.2) is 0 Å². The SMILES string of the molecule is CCC1NC(CC(C)C)C(=O)N1C1CCCC1(C)C. The fourth-order valence-corrected chi connectivity index (χ4v) is 3.87. The van der Waals surface area contributed by atoms with Crippen molar-refractivity contribution < 1.29 is 4.79 Å². The maximum Gasteiger partial charge on any atom is 0.241 e. The molecular formula is C16H30N2O. The normalized spacial score (nSPS) is 34.5. The lowest BCUT2D eigenvalue weighted by molar-refractivity contribution is -0.134. The molecule has 1 aliphatic heterocycles. The third-order valence-electron chi connectivity index (χ3n) is 4.91. The molecule has 19 heavy (non-hydrogen) atoms. The lowest BCUT2D eigenvalue weighted by Crippen LogP contribution is -2.48. The van der Waals surface area contributed by atoms with Gasteiger partial charge in [-0.25, -0.2) is 0 Å². The van der Waals surface area contributed by atoms with Crippen molar-refractivity contribution in [2.24, 2.45) is 11.3 Å². The fraction of sp³-hybridized carbons (Fsp3) is 0.938. The van der Waals surface area contributed by atoms with E-state index in [1.165, 1.54) is 19.3 Å². The van der Waals surface area contributed by atoms with E-state index in [9.17, 15) is 4.79 Å². The molecule has 1 N–H and O–H groups in total. The highest BCUT2D eigenvalue weighted by molar-refractivity contribution is 5.84. The Balaban J connectivity index is 2.16. The summed E-state index contributed by atoms with van der Waals surface area (Å²) < 4.78 is 0. The van der Waals surface area contributed by atoms with Crippen LogP contribution in [0.5, 0.6) is 0 Å². The third kappa shape index (κ3) is 2.81. The van der Waals surface area contributed by atoms with Crippen LogP contribution in [-0.4, -0.2) is 29.1 Å². The van der Waals surface area contributed by atoms with Crippen molar-refractivity contribution in [2.75, 3.05) is 0 Å². The van der Waals surface area contributed by atoms with E-state index in [-0.39, 0.29) is 17.6 Å². The average Bonchev–Trinajstić information content (AvgIpc) is 2.79. The third-order valence-corrected chi connectivity index (χ3v) is 4.91. The Labute approximate surface area is 118 Å². The van der Waals surface area contributed by atoms with E-state index in [0.29, 0.717) is 17.9 Å². The van der Waals surface area contributed by atoms with Gasteiger partial charge in [0.1, 0.15) is 0 Å². The van der Waals surface area contributed by atoms with Gasteiger partial charge >= 0.3 is 0 Å². The van der Waals surface area contributed by atoms with E-state index >= 15 is 0 Å². The molecule has 3 atom stereocenters. The number of carbonyl (C=O) groups is 1. The molecule has 1 heterocycles. The van der Waals surface area contributed by atoms with Gasteiger partial charge in [0, 0.05) is 6.04 Å². The first-order chi connectivity index (χ1) is 8.86. The number of nitrogens with one attached hydrogen (secondary N) is 1. The molecule has 1 saturated carbocycles. The highest BCUT2D eigenvalue weighted by atomic mass is 16.2. The Morgan fingerprint density at radius 1 is 1.42 bits per heavy atom. The first-order valence-corrected chi connectivity index (χ1v) is 7.95. The molecule has 2 rings (SSSR count). The van der Waals surface area contributed by atoms with Gasteiger partial charge < -0.3 is 4.90 Å². The molecule has 2 fully saturated rings. The minimum Gasteiger partial charge on any atom is -0.322 e. The predicted octanol–water partition coefficient (Wildman–Crippen LogP) is 3.15. The second kappa shape index (κ2) is 5.43. The van der Waals surface area contributed by atoms with Crippen molar-refractivity contribution in [3.05, 3.63) is 0 Å². The fourth-order valence-electron chi connectivity index (χ4n) is 3.87. The zero-order chi connectivity index (χ0) is 14.2. The molecule has 3 nitrogen and oxygen atoms in total. The van der Waals surface area contributed by atoms with Gasteiger partial charge in [-0.2, -0.15) is 0 Å². The Bertz CT molecular complexity index is 338. The van der Waals surface area contributed by atoms with Gasteiger partial charge in [0.05, 0.1) is 12.2 Å². The quantitative estimate of drug-likeness (QED) is 0.848. The summed E-state index contributed by atoms with van der Waals surface area (Å²) in [6.07, 6.45) is 5.88. The molecule has 3 heteroatoms. The number of rotatable bonds is 4. The minimum absolute atomic E-state index is 0.0429. The minimum atomic E-state index is 0.0429. The number of amides is 1. The summed E-state index contributed by atoms with van der Waals surface area (Å²) in [6.45, 7) is 11.2. The maximum absolute atomic E-state index is 12.7. The lowest BCUT2D eigenvalue weighted by Gasteiger charge is -2.38. The largest absolute Gasteiger partial charge is 0.322 e.